The molecule has 0 aliphatic heterocycles. The van der Waals surface area contributed by atoms with Crippen LogP contribution in [0.25, 0.3) is 0 Å². The number of carbonyl (C=O) groups excluding carboxylic acids is 1. The molecule has 5 N–H and O–H groups in total. The standard InChI is InChI=1S/C12H27N3O/c13-9-7-5-3-1-2-4-6-8-10-15-12(16)11-14/h1-11,13-14H2,(H,15,16). The first-order valence-electron chi connectivity index (χ1n) is 6.48. The van der Waals surface area contributed by atoms with E-state index < -0.39 is 0 Å². The second-order valence-electron chi connectivity index (χ2n) is 4.17. The minimum atomic E-state index is -0.0539. The zero-order valence-corrected chi connectivity index (χ0v) is 10.3. The fourth-order valence-corrected chi connectivity index (χ4v) is 1.63. The third-order valence-corrected chi connectivity index (χ3v) is 2.64. The summed E-state index contributed by atoms with van der Waals surface area (Å²) < 4.78 is 0. The Labute approximate surface area is 99.1 Å². The van der Waals surface area contributed by atoms with Crippen molar-refractivity contribution in [1.29, 1.82) is 0 Å². The van der Waals surface area contributed by atoms with Crippen LogP contribution in [0.3, 0.4) is 0 Å². The molecule has 0 spiro atoms. The maximum atomic E-state index is 10.8. The second kappa shape index (κ2) is 12.5. The van der Waals surface area contributed by atoms with Crippen molar-refractivity contribution in [3.05, 3.63) is 0 Å². The van der Waals surface area contributed by atoms with Crippen molar-refractivity contribution in [3.8, 4) is 0 Å². The molecule has 4 nitrogen and oxygen atoms in total. The number of hydrogen-bond donors (Lipinski definition) is 3. The Morgan fingerprint density at radius 2 is 1.31 bits per heavy atom. The number of unbranched alkanes of at least 4 members (excludes halogenated alkanes) is 7. The van der Waals surface area contributed by atoms with Crippen LogP contribution in [0.15, 0.2) is 0 Å². The van der Waals surface area contributed by atoms with Crippen LogP contribution in [0.1, 0.15) is 51.4 Å². The molecule has 0 aromatic carbocycles. The maximum Gasteiger partial charge on any atom is 0.233 e. The molecule has 0 aromatic rings. The summed E-state index contributed by atoms with van der Waals surface area (Å²) in [6, 6.07) is 0. The van der Waals surface area contributed by atoms with Crippen molar-refractivity contribution in [1.82, 2.24) is 5.32 Å². The Balaban J connectivity index is 2.96. The Kier molecular flexibility index (Phi) is 12.0. The van der Waals surface area contributed by atoms with Gasteiger partial charge in [0.1, 0.15) is 0 Å². The Bertz CT molecular complexity index is 162. The molecule has 0 saturated heterocycles. The van der Waals surface area contributed by atoms with E-state index in [9.17, 15) is 4.79 Å². The van der Waals surface area contributed by atoms with E-state index in [1.165, 1.54) is 38.5 Å². The summed E-state index contributed by atoms with van der Waals surface area (Å²) in [6.07, 6.45) is 9.87. The molecule has 0 aliphatic carbocycles. The lowest BCUT2D eigenvalue weighted by molar-refractivity contribution is -0.119. The predicted molar refractivity (Wildman–Crippen MR) is 68.1 cm³/mol. The number of amides is 1. The van der Waals surface area contributed by atoms with E-state index in [0.29, 0.717) is 0 Å². The molecule has 4 heteroatoms. The SMILES string of the molecule is NCCCCCCCCCCNC(=O)CN. The maximum absolute atomic E-state index is 10.8. The van der Waals surface area contributed by atoms with Gasteiger partial charge in [0.05, 0.1) is 6.54 Å². The second-order valence-corrected chi connectivity index (χ2v) is 4.17. The van der Waals surface area contributed by atoms with E-state index in [2.05, 4.69) is 5.32 Å². The van der Waals surface area contributed by atoms with Crippen molar-refractivity contribution >= 4 is 5.91 Å². The molecule has 0 radical (unpaired) electrons. The molecule has 0 saturated carbocycles. The summed E-state index contributed by atoms with van der Waals surface area (Å²) in [5.74, 6) is -0.0539. The predicted octanol–water partition coefficient (Wildman–Crippen LogP) is 1.14. The average Bonchev–Trinajstić information content (AvgIpc) is 2.31. The van der Waals surface area contributed by atoms with Crippen LogP contribution in [-0.4, -0.2) is 25.5 Å². The lowest BCUT2D eigenvalue weighted by Crippen LogP contribution is -2.30. The van der Waals surface area contributed by atoms with Crippen molar-refractivity contribution in [2.75, 3.05) is 19.6 Å². The van der Waals surface area contributed by atoms with Crippen LogP contribution in [0.4, 0.5) is 0 Å². The minimum Gasteiger partial charge on any atom is -0.355 e. The molecule has 0 rings (SSSR count). The van der Waals surface area contributed by atoms with Crippen LogP contribution in [-0.2, 0) is 4.79 Å². The molecule has 16 heavy (non-hydrogen) atoms. The van der Waals surface area contributed by atoms with Gasteiger partial charge >= 0.3 is 0 Å². The van der Waals surface area contributed by atoms with Crippen molar-refractivity contribution < 1.29 is 4.79 Å². The van der Waals surface area contributed by atoms with Crippen LogP contribution in [0.5, 0.6) is 0 Å². The Morgan fingerprint density at radius 3 is 1.81 bits per heavy atom. The third kappa shape index (κ3) is 11.5. The summed E-state index contributed by atoms with van der Waals surface area (Å²) in [7, 11) is 0. The topological polar surface area (TPSA) is 81.1 Å². The highest BCUT2D eigenvalue weighted by Gasteiger charge is 1.95. The molecule has 0 unspecified atom stereocenters. The molecule has 0 aliphatic rings. The largest absolute Gasteiger partial charge is 0.355 e. The summed E-state index contributed by atoms with van der Waals surface area (Å²) in [4.78, 5) is 10.8. The minimum absolute atomic E-state index is 0.0539. The van der Waals surface area contributed by atoms with Gasteiger partial charge in [-0.15, -0.1) is 0 Å². The van der Waals surface area contributed by atoms with E-state index in [1.807, 2.05) is 0 Å². The summed E-state index contributed by atoms with van der Waals surface area (Å²) in [6.45, 7) is 1.69. The fraction of sp³-hybridized carbons (Fsp3) is 0.917. The summed E-state index contributed by atoms with van der Waals surface area (Å²) in [5, 5.41) is 2.77. The van der Waals surface area contributed by atoms with Gasteiger partial charge in [-0.05, 0) is 19.4 Å². The summed E-state index contributed by atoms with van der Waals surface area (Å²) >= 11 is 0. The van der Waals surface area contributed by atoms with Gasteiger partial charge in [-0.2, -0.15) is 0 Å². The van der Waals surface area contributed by atoms with E-state index in [1.54, 1.807) is 0 Å². The molecule has 96 valence electrons. The van der Waals surface area contributed by atoms with Crippen molar-refractivity contribution in [2.24, 2.45) is 11.5 Å². The molecular formula is C12H27N3O. The van der Waals surface area contributed by atoms with Crippen LogP contribution in [0, 0.1) is 0 Å². The molecule has 0 atom stereocenters. The lowest BCUT2D eigenvalue weighted by Gasteiger charge is -2.03. The van der Waals surface area contributed by atoms with Gasteiger partial charge in [0.2, 0.25) is 5.91 Å². The van der Waals surface area contributed by atoms with Gasteiger partial charge in [-0.25, -0.2) is 0 Å². The Hall–Kier alpha value is -0.610. The normalized spacial score (nSPS) is 10.4. The zero-order valence-electron chi connectivity index (χ0n) is 10.3. The lowest BCUT2D eigenvalue weighted by atomic mass is 10.1. The fourth-order valence-electron chi connectivity index (χ4n) is 1.63. The number of nitrogens with two attached hydrogens (primary N) is 2. The summed E-state index contributed by atoms with van der Waals surface area (Å²) in [5.41, 5.74) is 10.6. The van der Waals surface area contributed by atoms with Crippen molar-refractivity contribution in [2.45, 2.75) is 51.4 Å². The van der Waals surface area contributed by atoms with Crippen LogP contribution >= 0.6 is 0 Å². The highest BCUT2D eigenvalue weighted by atomic mass is 16.1. The van der Waals surface area contributed by atoms with Crippen LogP contribution in [0.2, 0.25) is 0 Å². The van der Waals surface area contributed by atoms with Gasteiger partial charge in [-0.1, -0.05) is 38.5 Å². The van der Waals surface area contributed by atoms with E-state index in [4.69, 9.17) is 11.5 Å². The van der Waals surface area contributed by atoms with Gasteiger partial charge in [0.15, 0.2) is 0 Å². The first-order valence-corrected chi connectivity index (χ1v) is 6.48. The first-order chi connectivity index (χ1) is 7.81. The number of hydrogen-bond acceptors (Lipinski definition) is 3. The van der Waals surface area contributed by atoms with Gasteiger partial charge in [-0.3, -0.25) is 4.79 Å². The van der Waals surface area contributed by atoms with Gasteiger partial charge < -0.3 is 16.8 Å². The van der Waals surface area contributed by atoms with Crippen LogP contribution < -0.4 is 16.8 Å². The smallest absolute Gasteiger partial charge is 0.233 e. The van der Waals surface area contributed by atoms with E-state index >= 15 is 0 Å². The molecule has 0 fully saturated rings. The molecular weight excluding hydrogens is 202 g/mol. The Morgan fingerprint density at radius 1 is 0.812 bits per heavy atom. The van der Waals surface area contributed by atoms with Crippen molar-refractivity contribution in [3.63, 3.8) is 0 Å². The monoisotopic (exact) mass is 229 g/mol. The number of rotatable bonds is 11. The van der Waals surface area contributed by atoms with Gasteiger partial charge in [0.25, 0.3) is 0 Å². The number of nitrogens with one attached hydrogen (secondary N) is 1. The highest BCUT2D eigenvalue weighted by molar-refractivity contribution is 5.77. The highest BCUT2D eigenvalue weighted by Crippen LogP contribution is 2.07. The first kappa shape index (κ1) is 15.4. The van der Waals surface area contributed by atoms with E-state index in [0.717, 1.165) is 25.9 Å². The zero-order chi connectivity index (χ0) is 12.1. The average molecular weight is 229 g/mol. The third-order valence-electron chi connectivity index (χ3n) is 2.64. The molecule has 1 amide bonds. The number of carbonyl (C=O) groups is 1. The van der Waals surface area contributed by atoms with E-state index in [-0.39, 0.29) is 12.5 Å². The molecule has 0 bridgehead atoms. The quantitative estimate of drug-likeness (QED) is 0.465. The molecule has 0 aromatic heterocycles. The van der Waals surface area contributed by atoms with Gasteiger partial charge in [0, 0.05) is 6.54 Å². The molecule has 0 heterocycles.